The van der Waals surface area contributed by atoms with Crippen LogP contribution in [0, 0.1) is 6.92 Å². The number of hydrogen-bond donors (Lipinski definition) is 1. The molecule has 1 heterocycles. The van der Waals surface area contributed by atoms with Gasteiger partial charge in [-0.25, -0.2) is 4.98 Å². The number of rotatable bonds is 2. The van der Waals surface area contributed by atoms with Crippen molar-refractivity contribution in [3.63, 3.8) is 0 Å². The zero-order valence-corrected chi connectivity index (χ0v) is 11.8. The highest BCUT2D eigenvalue weighted by molar-refractivity contribution is 7.15. The van der Waals surface area contributed by atoms with Crippen LogP contribution in [0.2, 0.25) is 10.0 Å². The van der Waals surface area contributed by atoms with E-state index in [4.69, 9.17) is 28.9 Å². The summed E-state index contributed by atoms with van der Waals surface area (Å²) in [5, 5.41) is 2.12. The lowest BCUT2D eigenvalue weighted by molar-refractivity contribution is 0.825. The molecule has 2 N–H and O–H groups in total. The largest absolute Gasteiger partial charge is 0.323 e. The Kier molecular flexibility index (Phi) is 3.73. The lowest BCUT2D eigenvalue weighted by atomic mass is 10.2. The summed E-state index contributed by atoms with van der Waals surface area (Å²) in [6.45, 7) is 3.91. The van der Waals surface area contributed by atoms with Gasteiger partial charge in [0.05, 0.1) is 10.7 Å². The SMILES string of the molecule is Cc1nc(-c2ccc(Cl)cc2Cl)sc1C(C)N. The fraction of sp³-hybridized carbons (Fsp3) is 0.250. The second kappa shape index (κ2) is 4.94. The quantitative estimate of drug-likeness (QED) is 0.886. The molecule has 1 unspecified atom stereocenters. The Morgan fingerprint density at radius 2 is 2.06 bits per heavy atom. The molecule has 0 saturated carbocycles. The molecule has 5 heteroatoms. The number of halogens is 2. The van der Waals surface area contributed by atoms with Gasteiger partial charge in [-0.05, 0) is 32.0 Å². The van der Waals surface area contributed by atoms with Crippen LogP contribution in [0.15, 0.2) is 18.2 Å². The van der Waals surface area contributed by atoms with Gasteiger partial charge in [-0.2, -0.15) is 0 Å². The molecule has 0 spiro atoms. The van der Waals surface area contributed by atoms with E-state index < -0.39 is 0 Å². The highest BCUT2D eigenvalue weighted by Gasteiger charge is 2.14. The molecule has 2 aromatic rings. The molecule has 1 aromatic carbocycles. The number of aromatic nitrogens is 1. The summed E-state index contributed by atoms with van der Waals surface area (Å²) >= 11 is 13.6. The Labute approximate surface area is 114 Å². The van der Waals surface area contributed by atoms with Crippen molar-refractivity contribution in [1.82, 2.24) is 4.98 Å². The Morgan fingerprint density at radius 1 is 1.35 bits per heavy atom. The smallest absolute Gasteiger partial charge is 0.125 e. The van der Waals surface area contributed by atoms with Crippen LogP contribution in [0.4, 0.5) is 0 Å². The monoisotopic (exact) mass is 286 g/mol. The maximum atomic E-state index is 6.16. The zero-order chi connectivity index (χ0) is 12.6. The Morgan fingerprint density at radius 3 is 2.59 bits per heavy atom. The van der Waals surface area contributed by atoms with Crippen molar-refractivity contribution in [2.75, 3.05) is 0 Å². The Balaban J connectivity index is 2.50. The first kappa shape index (κ1) is 12.8. The summed E-state index contributed by atoms with van der Waals surface area (Å²) in [7, 11) is 0. The summed E-state index contributed by atoms with van der Waals surface area (Å²) in [5.74, 6) is 0. The predicted octanol–water partition coefficient (Wildman–Crippen LogP) is 4.45. The van der Waals surface area contributed by atoms with Crippen molar-refractivity contribution < 1.29 is 0 Å². The third kappa shape index (κ3) is 2.63. The van der Waals surface area contributed by atoms with Crippen LogP contribution in [-0.4, -0.2) is 4.98 Å². The molecule has 0 amide bonds. The van der Waals surface area contributed by atoms with E-state index in [1.54, 1.807) is 17.4 Å². The fourth-order valence-electron chi connectivity index (χ4n) is 1.61. The van der Waals surface area contributed by atoms with Gasteiger partial charge in [0.25, 0.3) is 0 Å². The number of aryl methyl sites for hydroxylation is 1. The van der Waals surface area contributed by atoms with Crippen molar-refractivity contribution >= 4 is 34.5 Å². The molecule has 0 fully saturated rings. The van der Waals surface area contributed by atoms with Crippen LogP contribution in [0.3, 0.4) is 0 Å². The first-order valence-electron chi connectivity index (χ1n) is 5.17. The lowest BCUT2D eigenvalue weighted by Gasteiger charge is -2.01. The molecule has 2 rings (SSSR count). The van der Waals surface area contributed by atoms with E-state index >= 15 is 0 Å². The predicted molar refractivity (Wildman–Crippen MR) is 74.9 cm³/mol. The molecule has 2 nitrogen and oxygen atoms in total. The molecule has 0 saturated heterocycles. The van der Waals surface area contributed by atoms with Gasteiger partial charge < -0.3 is 5.73 Å². The average molecular weight is 287 g/mol. The Bertz CT molecular complexity index is 549. The number of hydrogen-bond acceptors (Lipinski definition) is 3. The maximum absolute atomic E-state index is 6.16. The van der Waals surface area contributed by atoms with Gasteiger partial charge in [0.15, 0.2) is 0 Å². The lowest BCUT2D eigenvalue weighted by Crippen LogP contribution is -2.03. The van der Waals surface area contributed by atoms with Crippen LogP contribution >= 0.6 is 34.5 Å². The van der Waals surface area contributed by atoms with Crippen LogP contribution < -0.4 is 5.73 Å². The van der Waals surface area contributed by atoms with Crippen molar-refractivity contribution in [2.45, 2.75) is 19.9 Å². The van der Waals surface area contributed by atoms with E-state index in [0.29, 0.717) is 10.0 Å². The van der Waals surface area contributed by atoms with Gasteiger partial charge >= 0.3 is 0 Å². The number of nitrogens with two attached hydrogens (primary N) is 1. The average Bonchev–Trinajstić information content (AvgIpc) is 2.60. The first-order valence-corrected chi connectivity index (χ1v) is 6.74. The van der Waals surface area contributed by atoms with E-state index in [1.807, 2.05) is 26.0 Å². The van der Waals surface area contributed by atoms with Gasteiger partial charge in [-0.15, -0.1) is 11.3 Å². The van der Waals surface area contributed by atoms with Crippen molar-refractivity contribution in [1.29, 1.82) is 0 Å². The van der Waals surface area contributed by atoms with Crippen LogP contribution in [0.1, 0.15) is 23.5 Å². The summed E-state index contributed by atoms with van der Waals surface area (Å²) < 4.78 is 0. The van der Waals surface area contributed by atoms with Gasteiger partial charge in [-0.3, -0.25) is 0 Å². The van der Waals surface area contributed by atoms with E-state index in [1.165, 1.54) is 0 Å². The minimum atomic E-state index is -0.00711. The minimum Gasteiger partial charge on any atom is -0.323 e. The van der Waals surface area contributed by atoms with Crippen LogP contribution in [0.25, 0.3) is 10.6 Å². The fourth-order valence-corrected chi connectivity index (χ4v) is 3.22. The topological polar surface area (TPSA) is 38.9 Å². The summed E-state index contributed by atoms with van der Waals surface area (Å²) in [6, 6.07) is 5.41. The molecular weight excluding hydrogens is 275 g/mol. The second-order valence-corrected chi connectivity index (χ2v) is 5.76. The third-order valence-electron chi connectivity index (χ3n) is 2.41. The van der Waals surface area contributed by atoms with Crippen LogP contribution in [0.5, 0.6) is 0 Å². The minimum absolute atomic E-state index is 0.00711. The van der Waals surface area contributed by atoms with E-state index in [-0.39, 0.29) is 6.04 Å². The third-order valence-corrected chi connectivity index (χ3v) is 4.35. The van der Waals surface area contributed by atoms with Crippen LogP contribution in [-0.2, 0) is 0 Å². The number of benzene rings is 1. The number of thiazole rings is 1. The molecular formula is C12H12Cl2N2S. The number of nitrogens with zero attached hydrogens (tertiary/aromatic N) is 1. The van der Waals surface area contributed by atoms with E-state index in [0.717, 1.165) is 21.1 Å². The maximum Gasteiger partial charge on any atom is 0.125 e. The highest BCUT2D eigenvalue weighted by Crippen LogP contribution is 2.35. The molecule has 1 aromatic heterocycles. The molecule has 0 aliphatic rings. The molecule has 0 aliphatic carbocycles. The van der Waals surface area contributed by atoms with Crippen molar-refractivity contribution in [3.05, 3.63) is 38.8 Å². The summed E-state index contributed by atoms with van der Waals surface area (Å²) in [5.41, 5.74) is 7.75. The van der Waals surface area contributed by atoms with E-state index in [9.17, 15) is 0 Å². The van der Waals surface area contributed by atoms with Crippen molar-refractivity contribution in [2.24, 2.45) is 5.73 Å². The summed E-state index contributed by atoms with van der Waals surface area (Å²) in [4.78, 5) is 5.59. The van der Waals surface area contributed by atoms with E-state index in [2.05, 4.69) is 4.98 Å². The normalized spacial score (nSPS) is 12.8. The zero-order valence-electron chi connectivity index (χ0n) is 9.50. The molecule has 0 radical (unpaired) electrons. The van der Waals surface area contributed by atoms with Gasteiger partial charge in [0.2, 0.25) is 0 Å². The summed E-state index contributed by atoms with van der Waals surface area (Å²) in [6.07, 6.45) is 0. The molecule has 90 valence electrons. The second-order valence-electron chi connectivity index (χ2n) is 3.88. The standard InChI is InChI=1S/C12H12Cl2N2S/c1-6(15)11-7(2)16-12(17-11)9-4-3-8(13)5-10(9)14/h3-6H,15H2,1-2H3. The molecule has 0 bridgehead atoms. The van der Waals surface area contributed by atoms with Gasteiger partial charge in [0, 0.05) is 21.5 Å². The highest BCUT2D eigenvalue weighted by atomic mass is 35.5. The molecule has 1 atom stereocenters. The first-order chi connectivity index (χ1) is 7.99. The molecule has 17 heavy (non-hydrogen) atoms. The van der Waals surface area contributed by atoms with Gasteiger partial charge in [-0.1, -0.05) is 23.2 Å². The Hall–Kier alpha value is -0.610. The van der Waals surface area contributed by atoms with Gasteiger partial charge in [0.1, 0.15) is 5.01 Å². The van der Waals surface area contributed by atoms with Crippen molar-refractivity contribution in [3.8, 4) is 10.6 Å². The molecule has 0 aliphatic heterocycles.